The molecule has 1 aliphatic carbocycles. The first-order valence-corrected chi connectivity index (χ1v) is 10.5. The number of thiophene rings is 1. The highest BCUT2D eigenvalue weighted by Crippen LogP contribution is 2.33. The monoisotopic (exact) mass is 405 g/mol. The number of nitrogens with one attached hydrogen (secondary N) is 1. The highest BCUT2D eigenvalue weighted by atomic mass is 35.5. The number of ether oxygens (including phenoxy) is 1. The minimum Gasteiger partial charge on any atom is -0.451 e. The Morgan fingerprint density at radius 3 is 2.93 bits per heavy atom. The standard InChI is InChI=1S/C21H24ClNO3S/c1-3-14-7-8-18-16(9-14)11-19(27-18)21(25)26-12-20(24)23-13(2)15-5-4-6-17(22)10-15/h4-6,10-11,13-14H,3,7-9,12H2,1-2H3,(H,23,24)/t13-,14+/m0/s1. The number of halogens is 1. The molecule has 1 aromatic heterocycles. The number of carbonyl (C=O) groups excluding carboxylic acids is 2. The van der Waals surface area contributed by atoms with E-state index < -0.39 is 5.97 Å². The van der Waals surface area contributed by atoms with Crippen LogP contribution in [-0.4, -0.2) is 18.5 Å². The van der Waals surface area contributed by atoms with E-state index in [0.29, 0.717) is 15.8 Å². The number of hydrogen-bond donors (Lipinski definition) is 1. The molecule has 0 radical (unpaired) electrons. The van der Waals surface area contributed by atoms with Gasteiger partial charge in [0, 0.05) is 9.90 Å². The molecule has 0 spiro atoms. The fourth-order valence-corrected chi connectivity index (χ4v) is 4.69. The molecule has 3 rings (SSSR count). The van der Waals surface area contributed by atoms with Crippen LogP contribution in [-0.2, 0) is 22.4 Å². The largest absolute Gasteiger partial charge is 0.451 e. The van der Waals surface area contributed by atoms with Crippen LogP contribution in [0.25, 0.3) is 0 Å². The zero-order valence-electron chi connectivity index (χ0n) is 15.6. The van der Waals surface area contributed by atoms with Crippen molar-refractivity contribution in [2.45, 2.75) is 45.6 Å². The number of hydrogen-bond acceptors (Lipinski definition) is 4. The first-order valence-electron chi connectivity index (χ1n) is 9.29. The third-order valence-electron chi connectivity index (χ3n) is 5.02. The quantitative estimate of drug-likeness (QED) is 0.691. The second-order valence-corrected chi connectivity index (χ2v) is 8.57. The normalized spacial score (nSPS) is 17.1. The van der Waals surface area contributed by atoms with Crippen molar-refractivity contribution in [1.29, 1.82) is 0 Å². The zero-order chi connectivity index (χ0) is 19.4. The maximum absolute atomic E-state index is 12.3. The summed E-state index contributed by atoms with van der Waals surface area (Å²) in [4.78, 5) is 26.3. The van der Waals surface area contributed by atoms with Gasteiger partial charge in [-0.3, -0.25) is 4.79 Å². The molecule has 1 heterocycles. The van der Waals surface area contributed by atoms with Crippen LogP contribution < -0.4 is 5.32 Å². The number of fused-ring (bicyclic) bond motifs is 1. The van der Waals surface area contributed by atoms with E-state index in [1.807, 2.05) is 25.1 Å². The second-order valence-electron chi connectivity index (χ2n) is 7.00. The molecular formula is C21H24ClNO3S. The molecule has 1 aromatic carbocycles. The summed E-state index contributed by atoms with van der Waals surface area (Å²) in [6.07, 6.45) is 4.42. The van der Waals surface area contributed by atoms with E-state index in [-0.39, 0.29) is 18.6 Å². The molecule has 6 heteroatoms. The molecule has 0 saturated heterocycles. The topological polar surface area (TPSA) is 55.4 Å². The lowest BCUT2D eigenvalue weighted by molar-refractivity contribution is -0.124. The fourth-order valence-electron chi connectivity index (χ4n) is 3.39. The van der Waals surface area contributed by atoms with Gasteiger partial charge in [-0.25, -0.2) is 4.79 Å². The van der Waals surface area contributed by atoms with Crippen LogP contribution in [0, 0.1) is 5.92 Å². The van der Waals surface area contributed by atoms with Gasteiger partial charge in [0.2, 0.25) is 0 Å². The summed E-state index contributed by atoms with van der Waals surface area (Å²) in [6.45, 7) is 3.78. The number of amides is 1. The van der Waals surface area contributed by atoms with E-state index in [0.717, 1.165) is 18.4 Å². The van der Waals surface area contributed by atoms with Gasteiger partial charge in [-0.2, -0.15) is 0 Å². The molecule has 4 nitrogen and oxygen atoms in total. The molecular weight excluding hydrogens is 382 g/mol. The highest BCUT2D eigenvalue weighted by molar-refractivity contribution is 7.14. The third-order valence-corrected chi connectivity index (χ3v) is 6.48. The van der Waals surface area contributed by atoms with Crippen molar-refractivity contribution in [2.24, 2.45) is 5.92 Å². The summed E-state index contributed by atoms with van der Waals surface area (Å²) in [5.74, 6) is -0.0501. The van der Waals surface area contributed by atoms with Gasteiger partial charge in [-0.05, 0) is 61.4 Å². The number of esters is 1. The van der Waals surface area contributed by atoms with Gasteiger partial charge < -0.3 is 10.1 Å². The molecule has 0 bridgehead atoms. The number of benzene rings is 1. The molecule has 0 aliphatic heterocycles. The van der Waals surface area contributed by atoms with Gasteiger partial charge in [0.25, 0.3) is 5.91 Å². The molecule has 144 valence electrons. The van der Waals surface area contributed by atoms with E-state index >= 15 is 0 Å². The van der Waals surface area contributed by atoms with Crippen molar-refractivity contribution in [3.05, 3.63) is 56.2 Å². The summed E-state index contributed by atoms with van der Waals surface area (Å²) in [6, 6.07) is 9.04. The van der Waals surface area contributed by atoms with E-state index in [4.69, 9.17) is 16.3 Å². The van der Waals surface area contributed by atoms with Crippen LogP contribution in [0.3, 0.4) is 0 Å². The molecule has 2 atom stereocenters. The van der Waals surface area contributed by atoms with Crippen molar-refractivity contribution < 1.29 is 14.3 Å². The molecule has 1 aliphatic rings. The van der Waals surface area contributed by atoms with Crippen molar-refractivity contribution in [3.8, 4) is 0 Å². The minimum atomic E-state index is -0.423. The first-order chi connectivity index (χ1) is 13.0. The average Bonchev–Trinajstić information content (AvgIpc) is 3.09. The number of carbonyl (C=O) groups is 2. The van der Waals surface area contributed by atoms with Crippen molar-refractivity contribution in [2.75, 3.05) is 6.61 Å². The Morgan fingerprint density at radius 2 is 2.19 bits per heavy atom. The Labute approximate surface area is 168 Å². The van der Waals surface area contributed by atoms with Crippen LogP contribution in [0.15, 0.2) is 30.3 Å². The van der Waals surface area contributed by atoms with Crippen LogP contribution in [0.1, 0.15) is 58.4 Å². The van der Waals surface area contributed by atoms with E-state index in [9.17, 15) is 9.59 Å². The van der Waals surface area contributed by atoms with Crippen LogP contribution in [0.5, 0.6) is 0 Å². The second kappa shape index (κ2) is 8.89. The van der Waals surface area contributed by atoms with Gasteiger partial charge in [0.15, 0.2) is 6.61 Å². The van der Waals surface area contributed by atoms with E-state index in [2.05, 4.69) is 12.2 Å². The van der Waals surface area contributed by atoms with Crippen LogP contribution in [0.2, 0.25) is 5.02 Å². The Kier molecular flexibility index (Phi) is 6.55. The van der Waals surface area contributed by atoms with Crippen LogP contribution in [0.4, 0.5) is 0 Å². The van der Waals surface area contributed by atoms with Crippen molar-refractivity contribution in [1.82, 2.24) is 5.32 Å². The fraction of sp³-hybridized carbons (Fsp3) is 0.429. The van der Waals surface area contributed by atoms with Gasteiger partial charge in [-0.1, -0.05) is 37.1 Å². The van der Waals surface area contributed by atoms with Gasteiger partial charge in [0.05, 0.1) is 6.04 Å². The summed E-state index contributed by atoms with van der Waals surface area (Å²) in [7, 11) is 0. The Bertz CT molecular complexity index is 833. The lowest BCUT2D eigenvalue weighted by atomic mass is 9.87. The lowest BCUT2D eigenvalue weighted by Crippen LogP contribution is -2.31. The minimum absolute atomic E-state index is 0.213. The molecule has 1 amide bonds. The van der Waals surface area contributed by atoms with Gasteiger partial charge in [0.1, 0.15) is 4.88 Å². The Morgan fingerprint density at radius 1 is 1.37 bits per heavy atom. The molecule has 27 heavy (non-hydrogen) atoms. The molecule has 2 aromatic rings. The smallest absolute Gasteiger partial charge is 0.348 e. The average molecular weight is 406 g/mol. The SMILES string of the molecule is CC[C@@H]1CCc2sc(C(=O)OCC(=O)N[C@@H](C)c3cccc(Cl)c3)cc2C1. The Hall–Kier alpha value is -1.85. The maximum atomic E-state index is 12.3. The van der Waals surface area contributed by atoms with Crippen molar-refractivity contribution >= 4 is 34.8 Å². The summed E-state index contributed by atoms with van der Waals surface area (Å²) in [5.41, 5.74) is 2.17. The van der Waals surface area contributed by atoms with Gasteiger partial charge >= 0.3 is 5.97 Å². The van der Waals surface area contributed by atoms with Crippen LogP contribution >= 0.6 is 22.9 Å². The molecule has 1 N–H and O–H groups in total. The number of aryl methyl sites for hydroxylation is 1. The molecule has 0 unspecified atom stereocenters. The summed E-state index contributed by atoms with van der Waals surface area (Å²) in [5, 5.41) is 3.44. The third kappa shape index (κ3) is 5.11. The lowest BCUT2D eigenvalue weighted by Gasteiger charge is -2.19. The maximum Gasteiger partial charge on any atom is 0.348 e. The van der Waals surface area contributed by atoms with Crippen molar-refractivity contribution in [3.63, 3.8) is 0 Å². The van der Waals surface area contributed by atoms with E-state index in [1.165, 1.54) is 34.6 Å². The summed E-state index contributed by atoms with van der Waals surface area (Å²) >= 11 is 7.48. The highest BCUT2D eigenvalue weighted by Gasteiger charge is 2.23. The Balaban J connectivity index is 1.52. The number of rotatable bonds is 6. The first kappa shape index (κ1) is 19.9. The zero-order valence-corrected chi connectivity index (χ0v) is 17.2. The molecule has 0 saturated carbocycles. The predicted molar refractivity (Wildman–Crippen MR) is 108 cm³/mol. The van der Waals surface area contributed by atoms with E-state index in [1.54, 1.807) is 12.1 Å². The summed E-state index contributed by atoms with van der Waals surface area (Å²) < 4.78 is 5.21. The van der Waals surface area contributed by atoms with Gasteiger partial charge in [-0.15, -0.1) is 11.3 Å². The predicted octanol–water partition coefficient (Wildman–Crippen LogP) is 4.95. The molecule has 0 fully saturated rings.